The molecule has 2 atom stereocenters. The van der Waals surface area contributed by atoms with Crippen LogP contribution in [0.1, 0.15) is 12.8 Å². The van der Waals surface area contributed by atoms with E-state index in [9.17, 15) is 9.59 Å². The van der Waals surface area contributed by atoms with E-state index in [0.29, 0.717) is 6.54 Å². The number of carbonyl (C=O) groups is 2. The molecule has 2 fully saturated rings. The minimum absolute atomic E-state index is 0.00797. The molecule has 0 aromatic heterocycles. The second-order valence-corrected chi connectivity index (χ2v) is 4.46. The standard InChI is InChI=1S/C11H16N4O2/c12-3-5-14-10(16)7-15-6-9-8(11(15)17)2-1-4-13-9/h8-9,13H,1-2,4-7H2,(H,14,16). The Labute approximate surface area is 100.0 Å². The van der Waals surface area contributed by atoms with Gasteiger partial charge in [0.15, 0.2) is 0 Å². The molecule has 0 saturated carbocycles. The van der Waals surface area contributed by atoms with Gasteiger partial charge >= 0.3 is 0 Å². The van der Waals surface area contributed by atoms with Gasteiger partial charge in [-0.05, 0) is 19.4 Å². The molecule has 0 spiro atoms. The van der Waals surface area contributed by atoms with E-state index >= 15 is 0 Å². The minimum atomic E-state index is -0.265. The van der Waals surface area contributed by atoms with Crippen LogP contribution >= 0.6 is 0 Å². The van der Waals surface area contributed by atoms with Gasteiger partial charge < -0.3 is 15.5 Å². The third-order valence-electron chi connectivity index (χ3n) is 3.33. The Kier molecular flexibility index (Phi) is 3.59. The lowest BCUT2D eigenvalue weighted by Crippen LogP contribution is -2.41. The summed E-state index contributed by atoms with van der Waals surface area (Å²) in [5, 5.41) is 14.1. The van der Waals surface area contributed by atoms with Crippen molar-refractivity contribution in [3.8, 4) is 6.07 Å². The van der Waals surface area contributed by atoms with Crippen LogP contribution in [0, 0.1) is 17.2 Å². The molecule has 2 amide bonds. The predicted octanol–water partition coefficient (Wildman–Crippen LogP) is -1.16. The highest BCUT2D eigenvalue weighted by atomic mass is 16.2. The third-order valence-corrected chi connectivity index (χ3v) is 3.33. The van der Waals surface area contributed by atoms with Gasteiger partial charge in [0.05, 0.1) is 18.5 Å². The van der Waals surface area contributed by atoms with E-state index in [1.54, 1.807) is 4.90 Å². The molecule has 2 aliphatic heterocycles. The summed E-state index contributed by atoms with van der Waals surface area (Å²) in [6.07, 6.45) is 1.92. The summed E-state index contributed by atoms with van der Waals surface area (Å²) in [7, 11) is 0. The number of carbonyl (C=O) groups excluding carboxylic acids is 2. The highest BCUT2D eigenvalue weighted by Gasteiger charge is 2.41. The fraction of sp³-hybridized carbons (Fsp3) is 0.727. The van der Waals surface area contributed by atoms with Gasteiger partial charge in [-0.1, -0.05) is 0 Å². The molecule has 2 heterocycles. The van der Waals surface area contributed by atoms with Crippen LogP contribution in [0.25, 0.3) is 0 Å². The summed E-state index contributed by atoms with van der Waals surface area (Å²) in [4.78, 5) is 25.0. The van der Waals surface area contributed by atoms with Gasteiger partial charge in [-0.15, -0.1) is 0 Å². The Hall–Kier alpha value is -1.61. The van der Waals surface area contributed by atoms with Crippen molar-refractivity contribution in [3.63, 3.8) is 0 Å². The maximum atomic E-state index is 12.0. The highest BCUT2D eigenvalue weighted by Crippen LogP contribution is 2.25. The quantitative estimate of drug-likeness (QED) is 0.605. The van der Waals surface area contributed by atoms with Crippen LogP contribution < -0.4 is 10.6 Å². The molecular weight excluding hydrogens is 220 g/mol. The van der Waals surface area contributed by atoms with E-state index < -0.39 is 0 Å². The highest BCUT2D eigenvalue weighted by molar-refractivity contribution is 5.88. The Morgan fingerprint density at radius 2 is 2.47 bits per heavy atom. The smallest absolute Gasteiger partial charge is 0.240 e. The molecule has 0 aliphatic carbocycles. The monoisotopic (exact) mass is 236 g/mol. The molecule has 0 aromatic carbocycles. The average molecular weight is 236 g/mol. The second-order valence-electron chi connectivity index (χ2n) is 4.46. The maximum Gasteiger partial charge on any atom is 0.240 e. The summed E-state index contributed by atoms with van der Waals surface area (Å²) >= 11 is 0. The first-order valence-corrected chi connectivity index (χ1v) is 5.88. The van der Waals surface area contributed by atoms with E-state index in [0.717, 1.165) is 19.4 Å². The van der Waals surface area contributed by atoms with Gasteiger partial charge in [0.1, 0.15) is 6.54 Å². The number of amides is 2. The van der Waals surface area contributed by atoms with E-state index in [2.05, 4.69) is 10.6 Å². The Bertz CT molecular complexity index is 363. The number of nitriles is 1. The van der Waals surface area contributed by atoms with Crippen molar-refractivity contribution in [1.29, 1.82) is 5.26 Å². The molecule has 2 aliphatic rings. The maximum absolute atomic E-state index is 12.0. The van der Waals surface area contributed by atoms with Crippen LogP contribution in [-0.2, 0) is 9.59 Å². The topological polar surface area (TPSA) is 85.2 Å². The molecule has 17 heavy (non-hydrogen) atoms. The predicted molar refractivity (Wildman–Crippen MR) is 59.7 cm³/mol. The van der Waals surface area contributed by atoms with Crippen LogP contribution in [0.5, 0.6) is 0 Å². The van der Waals surface area contributed by atoms with Crippen molar-refractivity contribution < 1.29 is 9.59 Å². The molecule has 2 saturated heterocycles. The molecule has 2 N–H and O–H groups in total. The number of fused-ring (bicyclic) bond motifs is 1. The van der Waals surface area contributed by atoms with E-state index in [4.69, 9.17) is 5.26 Å². The second kappa shape index (κ2) is 5.15. The fourth-order valence-electron chi connectivity index (χ4n) is 2.51. The Balaban J connectivity index is 1.88. The number of likely N-dealkylation sites (tertiary alicyclic amines) is 1. The normalized spacial score (nSPS) is 27.5. The first-order valence-electron chi connectivity index (χ1n) is 5.88. The third kappa shape index (κ3) is 2.56. The number of piperidine rings is 1. The van der Waals surface area contributed by atoms with Gasteiger partial charge in [-0.25, -0.2) is 0 Å². The lowest BCUT2D eigenvalue weighted by Gasteiger charge is -2.23. The largest absolute Gasteiger partial charge is 0.341 e. The van der Waals surface area contributed by atoms with Crippen molar-refractivity contribution in [2.24, 2.45) is 5.92 Å². The van der Waals surface area contributed by atoms with Crippen molar-refractivity contribution in [3.05, 3.63) is 0 Å². The number of rotatable bonds is 3. The van der Waals surface area contributed by atoms with Crippen LogP contribution in [0.15, 0.2) is 0 Å². The molecule has 92 valence electrons. The van der Waals surface area contributed by atoms with Gasteiger partial charge in [-0.2, -0.15) is 5.26 Å². The van der Waals surface area contributed by atoms with E-state index in [1.165, 1.54) is 0 Å². The molecule has 0 bridgehead atoms. The van der Waals surface area contributed by atoms with Crippen LogP contribution in [0.4, 0.5) is 0 Å². The van der Waals surface area contributed by atoms with Crippen LogP contribution in [0.2, 0.25) is 0 Å². The van der Waals surface area contributed by atoms with Crippen LogP contribution in [-0.4, -0.2) is 48.9 Å². The fourth-order valence-corrected chi connectivity index (χ4v) is 2.51. The first-order chi connectivity index (χ1) is 8.22. The Morgan fingerprint density at radius 1 is 1.65 bits per heavy atom. The van der Waals surface area contributed by atoms with E-state index in [1.807, 2.05) is 6.07 Å². The number of hydrogen-bond acceptors (Lipinski definition) is 4. The summed E-state index contributed by atoms with van der Waals surface area (Å²) < 4.78 is 0. The molecule has 0 radical (unpaired) electrons. The first kappa shape index (κ1) is 11.9. The zero-order valence-corrected chi connectivity index (χ0v) is 9.61. The zero-order chi connectivity index (χ0) is 12.3. The van der Waals surface area contributed by atoms with Gasteiger partial charge in [0, 0.05) is 12.6 Å². The zero-order valence-electron chi connectivity index (χ0n) is 9.61. The minimum Gasteiger partial charge on any atom is -0.341 e. The molecule has 2 rings (SSSR count). The average Bonchev–Trinajstić information content (AvgIpc) is 2.64. The van der Waals surface area contributed by atoms with E-state index in [-0.39, 0.29) is 36.9 Å². The van der Waals surface area contributed by atoms with Gasteiger partial charge in [-0.3, -0.25) is 9.59 Å². The summed E-state index contributed by atoms with van der Waals surface area (Å²) in [6, 6.07) is 2.03. The van der Waals surface area contributed by atoms with Gasteiger partial charge in [0.25, 0.3) is 0 Å². The Morgan fingerprint density at radius 3 is 3.18 bits per heavy atom. The number of nitrogens with zero attached hydrogens (tertiary/aromatic N) is 2. The lowest BCUT2D eigenvalue weighted by molar-refractivity contribution is -0.135. The molecule has 6 nitrogen and oxygen atoms in total. The van der Waals surface area contributed by atoms with Crippen molar-refractivity contribution in [2.75, 3.05) is 26.2 Å². The molecule has 0 aromatic rings. The van der Waals surface area contributed by atoms with Crippen molar-refractivity contribution >= 4 is 11.8 Å². The van der Waals surface area contributed by atoms with Gasteiger partial charge in [0.2, 0.25) is 11.8 Å². The number of hydrogen-bond donors (Lipinski definition) is 2. The SMILES string of the molecule is N#CCNC(=O)CN1CC2NCCCC2C1=O. The number of nitrogens with one attached hydrogen (secondary N) is 2. The molecule has 2 unspecified atom stereocenters. The molecular formula is C11H16N4O2. The molecule has 6 heteroatoms. The summed E-state index contributed by atoms with van der Waals surface area (Å²) in [5.41, 5.74) is 0. The summed E-state index contributed by atoms with van der Waals surface area (Å²) in [5.74, 6) is -0.166. The lowest BCUT2D eigenvalue weighted by atomic mass is 9.94. The van der Waals surface area contributed by atoms with Crippen LogP contribution in [0.3, 0.4) is 0 Å². The summed E-state index contributed by atoms with van der Waals surface area (Å²) in [6.45, 7) is 1.60. The van der Waals surface area contributed by atoms with Crippen molar-refractivity contribution in [2.45, 2.75) is 18.9 Å². The van der Waals surface area contributed by atoms with Crippen molar-refractivity contribution in [1.82, 2.24) is 15.5 Å².